The Labute approximate surface area is 207 Å². The highest BCUT2D eigenvalue weighted by molar-refractivity contribution is 7.99. The summed E-state index contributed by atoms with van der Waals surface area (Å²) in [5, 5.41) is 12.4. The van der Waals surface area contributed by atoms with Gasteiger partial charge in [-0.15, -0.1) is 28.1 Å². The molecule has 0 saturated heterocycles. The number of hydrogen-bond donors (Lipinski definition) is 1. The van der Waals surface area contributed by atoms with Gasteiger partial charge in [-0.3, -0.25) is 9.36 Å². The van der Waals surface area contributed by atoms with Gasteiger partial charge in [0, 0.05) is 11.4 Å². The van der Waals surface area contributed by atoms with Crippen LogP contribution in [0.25, 0.3) is 0 Å². The van der Waals surface area contributed by atoms with E-state index < -0.39 is 5.97 Å². The number of rotatable bonds is 10. The topological polar surface area (TPSA) is 95.3 Å². The van der Waals surface area contributed by atoms with Gasteiger partial charge in [-0.05, 0) is 56.5 Å². The molecule has 0 aliphatic rings. The maximum atomic E-state index is 12.6. The lowest BCUT2D eigenvalue weighted by molar-refractivity contribution is -0.113. The van der Waals surface area contributed by atoms with E-state index in [9.17, 15) is 9.59 Å². The number of thioether (sulfide) groups is 1. The quantitative estimate of drug-likeness (QED) is 0.241. The molecule has 0 bridgehead atoms. The Kier molecular flexibility index (Phi) is 8.51. The Bertz CT molecular complexity index is 1220. The van der Waals surface area contributed by atoms with Crippen LogP contribution in [0, 0.1) is 27.7 Å². The van der Waals surface area contributed by atoms with Crippen molar-refractivity contribution in [2.75, 3.05) is 18.2 Å². The lowest BCUT2D eigenvalue weighted by Crippen LogP contribution is -2.16. The van der Waals surface area contributed by atoms with Crippen LogP contribution >= 0.6 is 23.1 Å². The molecule has 0 fully saturated rings. The molecule has 10 heteroatoms. The summed E-state index contributed by atoms with van der Waals surface area (Å²) in [7, 11) is 1.32. The van der Waals surface area contributed by atoms with Crippen LogP contribution in [-0.4, -0.2) is 39.5 Å². The van der Waals surface area contributed by atoms with Crippen molar-refractivity contribution in [3.8, 4) is 5.75 Å². The fraction of sp³-hybridized carbons (Fsp3) is 0.333. The summed E-state index contributed by atoms with van der Waals surface area (Å²) >= 11 is 2.61. The molecule has 0 aliphatic heterocycles. The lowest BCUT2D eigenvalue weighted by Gasteiger charge is -2.10. The number of ether oxygens (including phenoxy) is 2. The van der Waals surface area contributed by atoms with E-state index in [2.05, 4.69) is 29.0 Å². The minimum absolute atomic E-state index is 0.101. The summed E-state index contributed by atoms with van der Waals surface area (Å²) in [5.41, 5.74) is 3.55. The van der Waals surface area contributed by atoms with E-state index in [1.807, 2.05) is 43.5 Å². The third-order valence-corrected chi connectivity index (χ3v) is 7.40. The smallest absolute Gasteiger partial charge is 0.341 e. The van der Waals surface area contributed by atoms with Gasteiger partial charge in [-0.1, -0.05) is 23.9 Å². The van der Waals surface area contributed by atoms with E-state index in [1.165, 1.54) is 35.8 Å². The van der Waals surface area contributed by atoms with Crippen molar-refractivity contribution in [3.63, 3.8) is 0 Å². The first-order valence-corrected chi connectivity index (χ1v) is 12.4. The van der Waals surface area contributed by atoms with Crippen molar-refractivity contribution in [1.82, 2.24) is 14.8 Å². The van der Waals surface area contributed by atoms with E-state index in [0.29, 0.717) is 28.1 Å². The normalized spacial score (nSPS) is 10.7. The molecule has 3 aromatic rings. The van der Waals surface area contributed by atoms with Gasteiger partial charge in [0.25, 0.3) is 0 Å². The average Bonchev–Trinajstić information content (AvgIpc) is 3.32. The van der Waals surface area contributed by atoms with E-state index in [1.54, 1.807) is 6.08 Å². The van der Waals surface area contributed by atoms with Gasteiger partial charge in [0.2, 0.25) is 5.91 Å². The largest absolute Gasteiger partial charge is 0.486 e. The van der Waals surface area contributed by atoms with Gasteiger partial charge in [0.1, 0.15) is 17.4 Å². The van der Waals surface area contributed by atoms with Crippen LogP contribution in [0.4, 0.5) is 5.00 Å². The molecule has 0 unspecified atom stereocenters. The second-order valence-electron chi connectivity index (χ2n) is 7.65. The molecule has 0 saturated carbocycles. The molecule has 8 nitrogen and oxygen atoms in total. The number of hydrogen-bond acceptors (Lipinski definition) is 8. The lowest BCUT2D eigenvalue weighted by atomic mass is 10.1. The molecule has 0 atom stereocenters. The summed E-state index contributed by atoms with van der Waals surface area (Å²) in [4.78, 5) is 25.7. The number of carbonyl (C=O) groups is 2. The predicted octanol–water partition coefficient (Wildman–Crippen LogP) is 4.86. The first-order chi connectivity index (χ1) is 16.2. The van der Waals surface area contributed by atoms with Crippen molar-refractivity contribution in [2.45, 2.75) is 46.0 Å². The Morgan fingerprint density at radius 3 is 2.65 bits per heavy atom. The fourth-order valence-electron chi connectivity index (χ4n) is 3.15. The van der Waals surface area contributed by atoms with Gasteiger partial charge in [0.05, 0.1) is 18.4 Å². The summed E-state index contributed by atoms with van der Waals surface area (Å²) in [6, 6.07) is 5.93. The van der Waals surface area contributed by atoms with Gasteiger partial charge in [-0.25, -0.2) is 4.79 Å². The minimum atomic E-state index is -0.469. The highest BCUT2D eigenvalue weighted by atomic mass is 32.2. The zero-order valence-corrected chi connectivity index (χ0v) is 21.6. The SMILES string of the molecule is C=CCn1c(COc2ccc(C)c(C)c2)nnc1SCC(=O)Nc1sc(C)c(C)c1C(=O)OC. The van der Waals surface area contributed by atoms with E-state index in [-0.39, 0.29) is 18.3 Å². The minimum Gasteiger partial charge on any atom is -0.486 e. The maximum absolute atomic E-state index is 12.6. The summed E-state index contributed by atoms with van der Waals surface area (Å²) in [5.74, 6) is 0.775. The van der Waals surface area contributed by atoms with Crippen molar-refractivity contribution in [2.24, 2.45) is 0 Å². The summed E-state index contributed by atoms with van der Waals surface area (Å²) in [6.45, 7) is 12.4. The fourth-order valence-corrected chi connectivity index (χ4v) is 4.98. The first kappa shape index (κ1) is 25.5. The van der Waals surface area contributed by atoms with Crippen LogP contribution in [0.5, 0.6) is 5.75 Å². The number of aromatic nitrogens is 3. The number of thiophene rings is 1. The van der Waals surface area contributed by atoms with Crippen molar-refractivity contribution in [1.29, 1.82) is 0 Å². The molecular formula is C24H28N4O4S2. The molecule has 1 N–H and O–H groups in total. The van der Waals surface area contributed by atoms with Crippen LogP contribution in [0.1, 0.15) is 37.7 Å². The summed E-state index contributed by atoms with van der Waals surface area (Å²) in [6.07, 6.45) is 1.74. The number of carbonyl (C=O) groups excluding carboxylic acids is 2. The molecule has 1 aromatic carbocycles. The third-order valence-electron chi connectivity index (χ3n) is 5.31. The zero-order valence-electron chi connectivity index (χ0n) is 19.9. The van der Waals surface area contributed by atoms with Gasteiger partial charge in [-0.2, -0.15) is 0 Å². The number of allylic oxidation sites excluding steroid dienone is 1. The first-order valence-electron chi connectivity index (χ1n) is 10.6. The zero-order chi connectivity index (χ0) is 24.8. The molecule has 0 aliphatic carbocycles. The van der Waals surface area contributed by atoms with E-state index >= 15 is 0 Å². The van der Waals surface area contributed by atoms with Crippen molar-refractivity contribution in [3.05, 3.63) is 63.8 Å². The monoisotopic (exact) mass is 500 g/mol. The Morgan fingerprint density at radius 1 is 1.21 bits per heavy atom. The second kappa shape index (κ2) is 11.3. The standard InChI is InChI=1S/C24H28N4O4S2/c1-7-10-28-19(12-32-18-9-8-14(2)15(3)11-18)26-27-24(28)33-13-20(29)25-22-21(23(30)31-6)16(4)17(5)34-22/h7-9,11H,1,10,12-13H2,2-6H3,(H,25,29). The van der Waals surface area contributed by atoms with Crippen LogP contribution in [0.15, 0.2) is 36.0 Å². The van der Waals surface area contributed by atoms with Gasteiger partial charge in [0.15, 0.2) is 11.0 Å². The van der Waals surface area contributed by atoms with E-state index in [4.69, 9.17) is 9.47 Å². The molecular weight excluding hydrogens is 472 g/mol. The third kappa shape index (κ3) is 5.87. The average molecular weight is 501 g/mol. The highest BCUT2D eigenvalue weighted by Gasteiger charge is 2.22. The number of nitrogens with zero attached hydrogens (tertiary/aromatic N) is 3. The number of aryl methyl sites for hydroxylation is 3. The number of methoxy groups -OCH3 is 1. The number of benzene rings is 1. The van der Waals surface area contributed by atoms with E-state index in [0.717, 1.165) is 21.8 Å². The molecule has 0 spiro atoms. The Balaban J connectivity index is 1.67. The molecule has 3 rings (SSSR count). The predicted molar refractivity (Wildman–Crippen MR) is 135 cm³/mol. The van der Waals surface area contributed by atoms with Crippen LogP contribution in [-0.2, 0) is 22.7 Å². The van der Waals surface area contributed by atoms with Crippen molar-refractivity contribution >= 4 is 40.0 Å². The highest BCUT2D eigenvalue weighted by Crippen LogP contribution is 2.33. The molecule has 2 aromatic heterocycles. The molecule has 180 valence electrons. The number of esters is 1. The number of amides is 1. The Morgan fingerprint density at radius 2 is 1.97 bits per heavy atom. The molecule has 2 heterocycles. The second-order valence-corrected chi connectivity index (χ2v) is 9.82. The summed E-state index contributed by atoms with van der Waals surface area (Å²) < 4.78 is 12.6. The van der Waals surface area contributed by atoms with Gasteiger partial charge >= 0.3 is 5.97 Å². The Hall–Kier alpha value is -3.11. The van der Waals surface area contributed by atoms with Crippen LogP contribution < -0.4 is 10.1 Å². The molecule has 0 radical (unpaired) electrons. The molecule has 1 amide bonds. The number of anilines is 1. The maximum Gasteiger partial charge on any atom is 0.341 e. The van der Waals surface area contributed by atoms with Gasteiger partial charge < -0.3 is 14.8 Å². The molecule has 34 heavy (non-hydrogen) atoms. The van der Waals surface area contributed by atoms with Crippen LogP contribution in [0.3, 0.4) is 0 Å². The van der Waals surface area contributed by atoms with Crippen molar-refractivity contribution < 1.29 is 19.1 Å². The number of nitrogens with one attached hydrogen (secondary N) is 1. The van der Waals surface area contributed by atoms with Crippen LogP contribution in [0.2, 0.25) is 0 Å².